The predicted octanol–water partition coefficient (Wildman–Crippen LogP) is 4.79. The van der Waals surface area contributed by atoms with Crippen molar-refractivity contribution in [2.75, 3.05) is 28.8 Å². The minimum Gasteiger partial charge on any atom is -0.366 e. The van der Waals surface area contributed by atoms with Crippen LogP contribution in [0.25, 0.3) is 0 Å². The van der Waals surface area contributed by atoms with Crippen molar-refractivity contribution in [1.29, 1.82) is 0 Å². The van der Waals surface area contributed by atoms with Crippen LogP contribution in [-0.2, 0) is 35.4 Å². The van der Waals surface area contributed by atoms with Gasteiger partial charge in [0.1, 0.15) is 17.7 Å². The van der Waals surface area contributed by atoms with Crippen molar-refractivity contribution in [3.8, 4) is 0 Å². The van der Waals surface area contributed by atoms with E-state index in [0.29, 0.717) is 27.9 Å². The Labute approximate surface area is 249 Å². The molecule has 0 bridgehead atoms. The maximum Gasteiger partial charge on any atom is 0.416 e. The van der Waals surface area contributed by atoms with Crippen LogP contribution in [0.15, 0.2) is 36.5 Å². The van der Waals surface area contributed by atoms with Gasteiger partial charge in [-0.3, -0.25) is 14.5 Å². The predicted molar refractivity (Wildman–Crippen MR) is 150 cm³/mol. The molecule has 0 spiro atoms. The van der Waals surface area contributed by atoms with Crippen LogP contribution in [0.3, 0.4) is 0 Å². The standard InChI is InChI=1S/C28H29ClF5N7O2/c1-15-9-16(28(32,33)34)10-22(36-15)41-21(7-8-24(41)42)27(43)39(3)20-6-4-5-18(29)25(20)38(2)12-17-13-40-14-19(26(30)31)35-11-23(40)37-17/h4-6,9-10,13,19,21,26,35H,7-8,11-12,14H2,1-3H3. The Hall–Kier alpha value is -3.78. The maximum atomic E-state index is 13.8. The number of amides is 2. The molecule has 9 nitrogen and oxygen atoms in total. The van der Waals surface area contributed by atoms with E-state index in [-0.39, 0.29) is 44.0 Å². The molecule has 3 aromatic rings. The minimum atomic E-state index is -4.66. The highest BCUT2D eigenvalue weighted by molar-refractivity contribution is 6.34. The van der Waals surface area contributed by atoms with E-state index in [2.05, 4.69) is 15.3 Å². The van der Waals surface area contributed by atoms with Gasteiger partial charge in [-0.25, -0.2) is 18.7 Å². The highest BCUT2D eigenvalue weighted by atomic mass is 35.5. The monoisotopic (exact) mass is 625 g/mol. The zero-order valence-electron chi connectivity index (χ0n) is 23.5. The van der Waals surface area contributed by atoms with Crippen LogP contribution < -0.4 is 20.0 Å². The first-order chi connectivity index (χ1) is 20.2. The molecule has 0 aliphatic carbocycles. The number of benzene rings is 1. The topological polar surface area (TPSA) is 86.6 Å². The molecule has 2 atom stereocenters. The van der Waals surface area contributed by atoms with Crippen LogP contribution in [0.1, 0.15) is 35.6 Å². The Bertz CT molecular complexity index is 1550. The molecule has 0 radical (unpaired) electrons. The molecule has 1 aromatic carbocycles. The number of carbonyl (C=O) groups excluding carboxylic acids is 2. The van der Waals surface area contributed by atoms with Crippen LogP contribution in [0.4, 0.5) is 39.1 Å². The number of rotatable bonds is 7. The van der Waals surface area contributed by atoms with Crippen molar-refractivity contribution >= 4 is 40.6 Å². The smallest absolute Gasteiger partial charge is 0.366 e. The normalized spacial score (nSPS) is 18.7. The van der Waals surface area contributed by atoms with Crippen LogP contribution >= 0.6 is 11.6 Å². The summed E-state index contributed by atoms with van der Waals surface area (Å²) in [6.45, 7) is 1.90. The zero-order valence-corrected chi connectivity index (χ0v) is 24.3. The summed E-state index contributed by atoms with van der Waals surface area (Å²) in [5.74, 6) is -0.649. The third-order valence-corrected chi connectivity index (χ3v) is 7.88. The fourth-order valence-corrected chi connectivity index (χ4v) is 5.83. The molecule has 1 N–H and O–H groups in total. The number of likely N-dealkylation sites (N-methyl/N-ethyl adjacent to an activating group) is 1. The van der Waals surface area contributed by atoms with E-state index in [1.807, 2.05) is 0 Å². The average Bonchev–Trinajstić information content (AvgIpc) is 3.53. The van der Waals surface area contributed by atoms with Gasteiger partial charge >= 0.3 is 6.18 Å². The van der Waals surface area contributed by atoms with Crippen molar-refractivity contribution in [2.45, 2.75) is 64.1 Å². The molecule has 1 fully saturated rings. The molecule has 2 aliphatic rings. The summed E-state index contributed by atoms with van der Waals surface area (Å²) in [6.07, 6.45) is -5.40. The first-order valence-corrected chi connectivity index (χ1v) is 13.8. The van der Waals surface area contributed by atoms with Gasteiger partial charge in [0.15, 0.2) is 0 Å². The largest absolute Gasteiger partial charge is 0.416 e. The van der Waals surface area contributed by atoms with Crippen molar-refractivity contribution in [2.24, 2.45) is 0 Å². The number of pyridine rings is 1. The molecule has 230 valence electrons. The molecule has 2 aromatic heterocycles. The minimum absolute atomic E-state index is 0.0320. The van der Waals surface area contributed by atoms with Crippen LogP contribution in [0.2, 0.25) is 5.02 Å². The van der Waals surface area contributed by atoms with Gasteiger partial charge in [0.2, 0.25) is 11.8 Å². The van der Waals surface area contributed by atoms with Gasteiger partial charge in [0.05, 0.1) is 46.8 Å². The number of anilines is 3. The van der Waals surface area contributed by atoms with Gasteiger partial charge < -0.3 is 19.7 Å². The zero-order chi connectivity index (χ0) is 31.2. The highest BCUT2D eigenvalue weighted by Gasteiger charge is 2.41. The van der Waals surface area contributed by atoms with Crippen LogP contribution in [-0.4, -0.2) is 59.0 Å². The fraction of sp³-hybridized carbons (Fsp3) is 0.429. The lowest BCUT2D eigenvalue weighted by Crippen LogP contribution is -2.46. The van der Waals surface area contributed by atoms with Gasteiger partial charge in [0, 0.05) is 39.0 Å². The van der Waals surface area contributed by atoms with Crippen molar-refractivity contribution in [1.82, 2.24) is 19.9 Å². The second-order valence-electron chi connectivity index (χ2n) is 10.7. The number of aromatic nitrogens is 3. The van der Waals surface area contributed by atoms with E-state index in [9.17, 15) is 31.5 Å². The molecule has 0 saturated carbocycles. The molecule has 2 unspecified atom stereocenters. The van der Waals surface area contributed by atoms with E-state index in [1.165, 1.54) is 18.9 Å². The third-order valence-electron chi connectivity index (χ3n) is 7.58. The second-order valence-corrected chi connectivity index (χ2v) is 11.1. The van der Waals surface area contributed by atoms with Gasteiger partial charge in [-0.15, -0.1) is 0 Å². The number of nitrogens with zero attached hydrogens (tertiary/aromatic N) is 6. The Balaban J connectivity index is 1.40. The number of hydrogen-bond acceptors (Lipinski definition) is 6. The molecule has 15 heteroatoms. The number of imidazole rings is 1. The Morgan fingerprint density at radius 1 is 1.21 bits per heavy atom. The number of nitrogens with one attached hydrogen (secondary N) is 1. The summed E-state index contributed by atoms with van der Waals surface area (Å²) in [6, 6.07) is 4.56. The maximum absolute atomic E-state index is 13.8. The van der Waals surface area contributed by atoms with E-state index in [0.717, 1.165) is 17.0 Å². The molecule has 2 aliphatic heterocycles. The summed E-state index contributed by atoms with van der Waals surface area (Å²) in [4.78, 5) is 39.5. The molecule has 5 rings (SSSR count). The Morgan fingerprint density at radius 3 is 2.65 bits per heavy atom. The van der Waals surface area contributed by atoms with E-state index >= 15 is 0 Å². The molecule has 4 heterocycles. The Kier molecular flexibility index (Phi) is 8.36. The summed E-state index contributed by atoms with van der Waals surface area (Å²) >= 11 is 6.60. The summed E-state index contributed by atoms with van der Waals surface area (Å²) < 4.78 is 68.6. The van der Waals surface area contributed by atoms with Crippen LogP contribution in [0.5, 0.6) is 0 Å². The number of para-hydroxylation sites is 1. The molecule has 43 heavy (non-hydrogen) atoms. The summed E-state index contributed by atoms with van der Waals surface area (Å²) in [7, 11) is 3.24. The molecule has 1 saturated heterocycles. The first kappa shape index (κ1) is 30.7. The number of halogens is 6. The number of hydrogen-bond donors (Lipinski definition) is 1. The van der Waals surface area contributed by atoms with Gasteiger partial charge in [0.25, 0.3) is 6.43 Å². The molecular weight excluding hydrogens is 597 g/mol. The first-order valence-electron chi connectivity index (χ1n) is 13.5. The van der Waals surface area contributed by atoms with Gasteiger partial charge in [-0.05, 0) is 37.6 Å². The average molecular weight is 626 g/mol. The van der Waals surface area contributed by atoms with Crippen LogP contribution in [0, 0.1) is 6.92 Å². The van der Waals surface area contributed by atoms with E-state index in [1.54, 1.807) is 40.9 Å². The third kappa shape index (κ3) is 6.16. The second kappa shape index (κ2) is 11.7. The lowest BCUT2D eigenvalue weighted by atomic mass is 10.1. The lowest BCUT2D eigenvalue weighted by molar-refractivity contribution is -0.137. The summed E-state index contributed by atoms with van der Waals surface area (Å²) in [5.41, 5.74) is 0.570. The number of carbonyl (C=O) groups is 2. The molecule has 2 amide bonds. The molecular formula is C28H29ClF5N7O2. The van der Waals surface area contributed by atoms with Gasteiger partial charge in [-0.1, -0.05) is 17.7 Å². The van der Waals surface area contributed by atoms with E-state index < -0.39 is 42.1 Å². The van der Waals surface area contributed by atoms with Crippen molar-refractivity contribution in [3.05, 3.63) is 64.3 Å². The summed E-state index contributed by atoms with van der Waals surface area (Å²) in [5, 5.41) is 3.09. The van der Waals surface area contributed by atoms with Crippen molar-refractivity contribution < 1.29 is 31.5 Å². The number of fused-ring (bicyclic) bond motifs is 1. The van der Waals surface area contributed by atoms with Crippen molar-refractivity contribution in [3.63, 3.8) is 0 Å². The number of aryl methyl sites for hydroxylation is 1. The number of alkyl halides is 5. The Morgan fingerprint density at radius 2 is 1.95 bits per heavy atom. The SMILES string of the molecule is Cc1cc(C(F)(F)F)cc(N2C(=O)CCC2C(=O)N(C)c2cccc(Cl)c2N(C)Cc2cn3c(n2)CNC(C(F)F)C3)n1. The highest BCUT2D eigenvalue weighted by Crippen LogP contribution is 2.38. The van der Waals surface area contributed by atoms with Gasteiger partial charge in [-0.2, -0.15) is 13.2 Å². The quantitative estimate of drug-likeness (QED) is 0.380. The fourth-order valence-electron chi connectivity index (χ4n) is 5.52. The lowest BCUT2D eigenvalue weighted by Gasteiger charge is -2.31. The van der Waals surface area contributed by atoms with E-state index in [4.69, 9.17) is 11.6 Å².